The average molecular weight is 268 g/mol. The van der Waals surface area contributed by atoms with Crippen LogP contribution in [0.15, 0.2) is 30.5 Å². The standard InChI is InChI=1S/C14H12N4O2/c1-9-12(13(19)20)8-16-14(17-9)18-11-4-2-10(3-5-11)6-7-15/h2-5,8H,6H2,1H3,(H,19,20)(H,16,17,18). The summed E-state index contributed by atoms with van der Waals surface area (Å²) < 4.78 is 0. The summed E-state index contributed by atoms with van der Waals surface area (Å²) in [5.41, 5.74) is 2.18. The molecule has 0 spiro atoms. The monoisotopic (exact) mass is 268 g/mol. The number of carbonyl (C=O) groups is 1. The molecule has 2 rings (SSSR count). The summed E-state index contributed by atoms with van der Waals surface area (Å²) in [5, 5.41) is 20.5. The van der Waals surface area contributed by atoms with Crippen LogP contribution in [-0.2, 0) is 6.42 Å². The summed E-state index contributed by atoms with van der Waals surface area (Å²) in [6.07, 6.45) is 1.64. The van der Waals surface area contributed by atoms with Crippen LogP contribution in [-0.4, -0.2) is 21.0 Å². The number of rotatable bonds is 4. The van der Waals surface area contributed by atoms with Gasteiger partial charge in [0.15, 0.2) is 0 Å². The molecule has 1 aromatic heterocycles. The van der Waals surface area contributed by atoms with Crippen molar-refractivity contribution in [2.45, 2.75) is 13.3 Å². The van der Waals surface area contributed by atoms with Crippen LogP contribution in [0.5, 0.6) is 0 Å². The first-order valence-electron chi connectivity index (χ1n) is 5.90. The molecule has 1 heterocycles. The predicted molar refractivity (Wildman–Crippen MR) is 72.8 cm³/mol. The smallest absolute Gasteiger partial charge is 0.339 e. The number of nitrogens with zero attached hydrogens (tertiary/aromatic N) is 3. The highest BCUT2D eigenvalue weighted by atomic mass is 16.4. The number of aryl methyl sites for hydroxylation is 1. The number of aromatic carboxylic acids is 1. The van der Waals surface area contributed by atoms with Crippen molar-refractivity contribution in [1.29, 1.82) is 5.26 Å². The summed E-state index contributed by atoms with van der Waals surface area (Å²) in [4.78, 5) is 18.9. The summed E-state index contributed by atoms with van der Waals surface area (Å²) in [6.45, 7) is 1.62. The molecule has 0 fully saturated rings. The van der Waals surface area contributed by atoms with Crippen LogP contribution in [0.4, 0.5) is 11.6 Å². The molecule has 0 aliphatic carbocycles. The molecule has 0 bridgehead atoms. The molecule has 0 aliphatic heterocycles. The minimum atomic E-state index is -1.05. The Morgan fingerprint density at radius 3 is 2.65 bits per heavy atom. The van der Waals surface area contributed by atoms with Gasteiger partial charge in [-0.05, 0) is 24.6 Å². The van der Waals surface area contributed by atoms with Gasteiger partial charge in [0.25, 0.3) is 0 Å². The van der Waals surface area contributed by atoms with Crippen molar-refractivity contribution >= 4 is 17.6 Å². The molecular formula is C14H12N4O2. The van der Waals surface area contributed by atoms with Crippen molar-refractivity contribution in [3.63, 3.8) is 0 Å². The van der Waals surface area contributed by atoms with E-state index >= 15 is 0 Å². The van der Waals surface area contributed by atoms with Crippen molar-refractivity contribution in [3.05, 3.63) is 47.3 Å². The number of carboxylic acids is 1. The van der Waals surface area contributed by atoms with Crippen LogP contribution in [0.3, 0.4) is 0 Å². The molecule has 0 aliphatic rings. The summed E-state index contributed by atoms with van der Waals surface area (Å²) >= 11 is 0. The van der Waals surface area contributed by atoms with Gasteiger partial charge in [0, 0.05) is 11.9 Å². The Kier molecular flexibility index (Phi) is 3.91. The van der Waals surface area contributed by atoms with E-state index in [1.807, 2.05) is 24.3 Å². The lowest BCUT2D eigenvalue weighted by atomic mass is 10.1. The topological polar surface area (TPSA) is 98.9 Å². The van der Waals surface area contributed by atoms with Crippen molar-refractivity contribution in [3.8, 4) is 6.07 Å². The van der Waals surface area contributed by atoms with Crippen LogP contribution < -0.4 is 5.32 Å². The molecule has 2 aromatic rings. The summed E-state index contributed by atoms with van der Waals surface area (Å²) in [7, 11) is 0. The number of carboxylic acid groups (broad SMARTS) is 1. The lowest BCUT2D eigenvalue weighted by molar-refractivity contribution is 0.0695. The molecule has 0 atom stereocenters. The molecule has 6 heteroatoms. The normalized spacial score (nSPS) is 9.80. The third kappa shape index (κ3) is 3.09. The molecule has 0 unspecified atom stereocenters. The van der Waals surface area contributed by atoms with Crippen molar-refractivity contribution in [2.24, 2.45) is 0 Å². The largest absolute Gasteiger partial charge is 0.478 e. The van der Waals surface area contributed by atoms with E-state index in [1.54, 1.807) is 6.92 Å². The summed E-state index contributed by atoms with van der Waals surface area (Å²) in [5.74, 6) is -0.713. The number of nitrogens with one attached hydrogen (secondary N) is 1. The van der Waals surface area contributed by atoms with Crippen molar-refractivity contribution < 1.29 is 9.90 Å². The molecule has 100 valence electrons. The number of benzene rings is 1. The second kappa shape index (κ2) is 5.80. The van der Waals surface area contributed by atoms with E-state index in [-0.39, 0.29) is 5.56 Å². The minimum absolute atomic E-state index is 0.0833. The fourth-order valence-corrected chi connectivity index (χ4v) is 1.66. The number of aromatic nitrogens is 2. The fourth-order valence-electron chi connectivity index (χ4n) is 1.66. The molecule has 0 saturated carbocycles. The third-order valence-corrected chi connectivity index (χ3v) is 2.70. The minimum Gasteiger partial charge on any atom is -0.478 e. The lowest BCUT2D eigenvalue weighted by Gasteiger charge is -2.07. The van der Waals surface area contributed by atoms with Gasteiger partial charge in [-0.3, -0.25) is 0 Å². The van der Waals surface area contributed by atoms with Gasteiger partial charge < -0.3 is 10.4 Å². The van der Waals surface area contributed by atoms with E-state index in [9.17, 15) is 4.79 Å². The molecule has 0 radical (unpaired) electrons. The quantitative estimate of drug-likeness (QED) is 0.882. The Labute approximate surface area is 115 Å². The first kappa shape index (κ1) is 13.5. The number of nitriles is 1. The van der Waals surface area contributed by atoms with Crippen LogP contribution in [0.25, 0.3) is 0 Å². The Balaban J connectivity index is 2.16. The molecule has 6 nitrogen and oxygen atoms in total. The maximum absolute atomic E-state index is 10.9. The van der Waals surface area contributed by atoms with Crippen LogP contribution in [0, 0.1) is 18.3 Å². The average Bonchev–Trinajstić information content (AvgIpc) is 2.41. The molecule has 2 N–H and O–H groups in total. The molecular weight excluding hydrogens is 256 g/mol. The highest BCUT2D eigenvalue weighted by molar-refractivity contribution is 5.88. The second-order valence-electron chi connectivity index (χ2n) is 4.15. The van der Waals surface area contributed by atoms with Gasteiger partial charge in [-0.1, -0.05) is 12.1 Å². The van der Waals surface area contributed by atoms with E-state index < -0.39 is 5.97 Å². The van der Waals surface area contributed by atoms with Gasteiger partial charge in [0.2, 0.25) is 5.95 Å². The van der Waals surface area contributed by atoms with Gasteiger partial charge in [-0.2, -0.15) is 5.26 Å². The van der Waals surface area contributed by atoms with Crippen LogP contribution in [0.2, 0.25) is 0 Å². The van der Waals surface area contributed by atoms with Gasteiger partial charge in [0.1, 0.15) is 0 Å². The number of anilines is 2. The van der Waals surface area contributed by atoms with Crippen molar-refractivity contribution in [1.82, 2.24) is 9.97 Å². The van der Waals surface area contributed by atoms with Crippen molar-refractivity contribution in [2.75, 3.05) is 5.32 Å². The van der Waals surface area contributed by atoms with E-state index in [0.29, 0.717) is 18.1 Å². The Morgan fingerprint density at radius 2 is 2.10 bits per heavy atom. The predicted octanol–water partition coefficient (Wildman–Crippen LogP) is 2.29. The van der Waals surface area contributed by atoms with Gasteiger partial charge in [0.05, 0.1) is 23.7 Å². The van der Waals surface area contributed by atoms with E-state index in [4.69, 9.17) is 10.4 Å². The zero-order chi connectivity index (χ0) is 14.5. The summed E-state index contributed by atoms with van der Waals surface area (Å²) in [6, 6.07) is 9.38. The Bertz CT molecular complexity index is 675. The molecule has 20 heavy (non-hydrogen) atoms. The van der Waals surface area contributed by atoms with E-state index in [1.165, 1.54) is 6.20 Å². The molecule has 0 amide bonds. The van der Waals surface area contributed by atoms with Gasteiger partial charge in [-0.15, -0.1) is 0 Å². The molecule has 1 aromatic carbocycles. The Hall–Kier alpha value is -2.94. The number of hydrogen-bond donors (Lipinski definition) is 2. The Morgan fingerprint density at radius 1 is 1.40 bits per heavy atom. The van der Waals surface area contributed by atoms with E-state index in [0.717, 1.165) is 11.3 Å². The second-order valence-corrected chi connectivity index (χ2v) is 4.15. The third-order valence-electron chi connectivity index (χ3n) is 2.70. The maximum Gasteiger partial charge on any atom is 0.339 e. The first-order chi connectivity index (χ1) is 9.60. The first-order valence-corrected chi connectivity index (χ1v) is 5.90. The zero-order valence-electron chi connectivity index (χ0n) is 10.8. The highest BCUT2D eigenvalue weighted by Crippen LogP contribution is 2.15. The SMILES string of the molecule is Cc1nc(Nc2ccc(CC#N)cc2)ncc1C(=O)O. The van der Waals surface area contributed by atoms with Crippen LogP contribution >= 0.6 is 0 Å². The fraction of sp³-hybridized carbons (Fsp3) is 0.143. The highest BCUT2D eigenvalue weighted by Gasteiger charge is 2.09. The maximum atomic E-state index is 10.9. The van der Waals surface area contributed by atoms with Crippen LogP contribution in [0.1, 0.15) is 21.6 Å². The van der Waals surface area contributed by atoms with E-state index in [2.05, 4.69) is 21.4 Å². The van der Waals surface area contributed by atoms with Gasteiger partial charge in [-0.25, -0.2) is 14.8 Å². The number of hydrogen-bond acceptors (Lipinski definition) is 5. The molecule has 0 saturated heterocycles. The lowest BCUT2D eigenvalue weighted by Crippen LogP contribution is -2.06. The van der Waals surface area contributed by atoms with Gasteiger partial charge >= 0.3 is 5.97 Å². The zero-order valence-corrected chi connectivity index (χ0v) is 10.8.